The third-order valence-corrected chi connectivity index (χ3v) is 3.09. The minimum atomic E-state index is -1.05. The van der Waals surface area contributed by atoms with Crippen LogP contribution in [0.5, 0.6) is 5.75 Å². The van der Waals surface area contributed by atoms with Gasteiger partial charge >= 0.3 is 5.97 Å². The van der Waals surface area contributed by atoms with Gasteiger partial charge in [-0.05, 0) is 38.1 Å². The fourth-order valence-electron chi connectivity index (χ4n) is 2.14. The molecule has 1 aromatic rings. The van der Waals surface area contributed by atoms with Gasteiger partial charge in [0, 0.05) is 12.7 Å². The van der Waals surface area contributed by atoms with Crippen LogP contribution in [0.15, 0.2) is 18.3 Å². The van der Waals surface area contributed by atoms with Crippen molar-refractivity contribution in [1.82, 2.24) is 9.88 Å². The van der Waals surface area contributed by atoms with Gasteiger partial charge in [0.15, 0.2) is 11.4 Å². The van der Waals surface area contributed by atoms with Crippen molar-refractivity contribution >= 4 is 5.97 Å². The van der Waals surface area contributed by atoms with Crippen molar-refractivity contribution in [2.75, 3.05) is 26.2 Å². The maximum absolute atomic E-state index is 10.9. The summed E-state index contributed by atoms with van der Waals surface area (Å²) in [5, 5.41) is 8.96. The molecule has 2 heterocycles. The van der Waals surface area contributed by atoms with Crippen molar-refractivity contribution in [3.05, 3.63) is 24.0 Å². The van der Waals surface area contributed by atoms with Crippen LogP contribution in [-0.4, -0.2) is 47.2 Å². The van der Waals surface area contributed by atoms with Gasteiger partial charge in [-0.3, -0.25) is 4.90 Å². The van der Waals surface area contributed by atoms with Gasteiger partial charge in [-0.2, -0.15) is 0 Å². The second-order valence-electron chi connectivity index (χ2n) is 4.41. The van der Waals surface area contributed by atoms with Gasteiger partial charge in [0.1, 0.15) is 6.61 Å². The number of pyridine rings is 1. The van der Waals surface area contributed by atoms with Gasteiger partial charge < -0.3 is 9.84 Å². The average molecular weight is 250 g/mol. The predicted molar refractivity (Wildman–Crippen MR) is 67.0 cm³/mol. The van der Waals surface area contributed by atoms with Crippen LogP contribution in [0.2, 0.25) is 0 Å². The van der Waals surface area contributed by atoms with Crippen LogP contribution in [0.25, 0.3) is 0 Å². The maximum atomic E-state index is 10.9. The fraction of sp³-hybridized carbons (Fsp3) is 0.538. The summed E-state index contributed by atoms with van der Waals surface area (Å²) in [5.41, 5.74) is -0.0175. The van der Waals surface area contributed by atoms with E-state index in [-0.39, 0.29) is 5.69 Å². The topological polar surface area (TPSA) is 62.7 Å². The molecule has 1 aromatic heterocycles. The molecule has 98 valence electrons. The van der Waals surface area contributed by atoms with E-state index in [2.05, 4.69) is 9.88 Å². The molecule has 0 aromatic carbocycles. The number of carboxylic acids is 1. The van der Waals surface area contributed by atoms with E-state index in [0.29, 0.717) is 12.4 Å². The van der Waals surface area contributed by atoms with E-state index in [1.807, 2.05) is 0 Å². The molecule has 5 heteroatoms. The molecule has 0 atom stereocenters. The number of aromatic nitrogens is 1. The van der Waals surface area contributed by atoms with Gasteiger partial charge in [-0.15, -0.1) is 0 Å². The number of nitrogens with zero attached hydrogens (tertiary/aromatic N) is 2. The summed E-state index contributed by atoms with van der Waals surface area (Å²) in [5.74, 6) is -0.703. The Morgan fingerprint density at radius 2 is 2.17 bits per heavy atom. The Balaban J connectivity index is 1.84. The second-order valence-corrected chi connectivity index (χ2v) is 4.41. The lowest BCUT2D eigenvalue weighted by Crippen LogP contribution is -2.33. The summed E-state index contributed by atoms with van der Waals surface area (Å²) < 4.78 is 5.52. The van der Waals surface area contributed by atoms with Gasteiger partial charge in [0.25, 0.3) is 0 Å². The van der Waals surface area contributed by atoms with Crippen molar-refractivity contribution in [2.45, 2.75) is 19.3 Å². The third-order valence-electron chi connectivity index (χ3n) is 3.09. The van der Waals surface area contributed by atoms with E-state index in [1.165, 1.54) is 25.5 Å². The Hall–Kier alpha value is -1.62. The van der Waals surface area contributed by atoms with Crippen molar-refractivity contribution < 1.29 is 14.6 Å². The quantitative estimate of drug-likeness (QED) is 0.860. The van der Waals surface area contributed by atoms with E-state index in [4.69, 9.17) is 9.84 Å². The summed E-state index contributed by atoms with van der Waals surface area (Å²) in [6.07, 6.45) is 5.25. The van der Waals surface area contributed by atoms with Crippen LogP contribution in [-0.2, 0) is 0 Å². The van der Waals surface area contributed by atoms with Gasteiger partial charge in [0.2, 0.25) is 0 Å². The highest BCUT2D eigenvalue weighted by Gasteiger charge is 2.13. The molecule has 0 aliphatic carbocycles. The summed E-state index contributed by atoms with van der Waals surface area (Å²) in [6.45, 7) is 3.57. The third kappa shape index (κ3) is 3.43. The van der Waals surface area contributed by atoms with E-state index >= 15 is 0 Å². The lowest BCUT2D eigenvalue weighted by atomic mass is 10.1. The highest BCUT2D eigenvalue weighted by atomic mass is 16.5. The van der Waals surface area contributed by atoms with E-state index in [9.17, 15) is 4.79 Å². The number of likely N-dealkylation sites (tertiary alicyclic amines) is 1. The molecule has 0 spiro atoms. The Kier molecular flexibility index (Phi) is 4.52. The van der Waals surface area contributed by atoms with Crippen LogP contribution in [0.1, 0.15) is 29.8 Å². The summed E-state index contributed by atoms with van der Waals surface area (Å²) >= 11 is 0. The molecule has 18 heavy (non-hydrogen) atoms. The van der Waals surface area contributed by atoms with Crippen LogP contribution in [0.3, 0.4) is 0 Å². The highest BCUT2D eigenvalue weighted by Crippen LogP contribution is 2.15. The Morgan fingerprint density at radius 3 is 2.89 bits per heavy atom. The lowest BCUT2D eigenvalue weighted by molar-refractivity contribution is 0.0684. The number of aromatic carboxylic acids is 1. The smallest absolute Gasteiger partial charge is 0.358 e. The minimum absolute atomic E-state index is 0.0175. The van der Waals surface area contributed by atoms with E-state index in [0.717, 1.165) is 19.6 Å². The Bertz CT molecular complexity index is 403. The number of ether oxygens (including phenoxy) is 1. The first kappa shape index (κ1) is 12.8. The van der Waals surface area contributed by atoms with Crippen LogP contribution in [0, 0.1) is 0 Å². The zero-order valence-electron chi connectivity index (χ0n) is 10.3. The summed E-state index contributed by atoms with van der Waals surface area (Å²) in [6, 6.07) is 3.33. The maximum Gasteiger partial charge on any atom is 0.358 e. The highest BCUT2D eigenvalue weighted by molar-refractivity contribution is 5.88. The number of rotatable bonds is 5. The van der Waals surface area contributed by atoms with Gasteiger partial charge in [-0.25, -0.2) is 9.78 Å². The van der Waals surface area contributed by atoms with Gasteiger partial charge in [-0.1, -0.05) is 6.42 Å². The number of piperidine rings is 1. The first-order valence-corrected chi connectivity index (χ1v) is 6.31. The average Bonchev–Trinajstić information content (AvgIpc) is 2.40. The monoisotopic (exact) mass is 250 g/mol. The van der Waals surface area contributed by atoms with Crippen molar-refractivity contribution in [1.29, 1.82) is 0 Å². The molecule has 1 aliphatic heterocycles. The molecular weight excluding hydrogens is 232 g/mol. The molecule has 0 amide bonds. The Labute approximate surface area is 106 Å². The minimum Gasteiger partial charge on any atom is -0.490 e. The molecule has 0 saturated carbocycles. The molecule has 1 fully saturated rings. The molecule has 1 N–H and O–H groups in total. The molecule has 0 radical (unpaired) electrons. The second kappa shape index (κ2) is 6.35. The fourth-order valence-corrected chi connectivity index (χ4v) is 2.14. The normalized spacial score (nSPS) is 16.4. The first-order valence-electron chi connectivity index (χ1n) is 6.31. The van der Waals surface area contributed by atoms with E-state index < -0.39 is 5.97 Å². The summed E-state index contributed by atoms with van der Waals surface area (Å²) in [7, 11) is 0. The number of carboxylic acid groups (broad SMARTS) is 1. The largest absolute Gasteiger partial charge is 0.490 e. The van der Waals surface area contributed by atoms with Crippen LogP contribution >= 0.6 is 0 Å². The van der Waals surface area contributed by atoms with Gasteiger partial charge in [0.05, 0.1) is 0 Å². The zero-order chi connectivity index (χ0) is 12.8. The Morgan fingerprint density at radius 1 is 1.39 bits per heavy atom. The number of hydrogen-bond donors (Lipinski definition) is 1. The molecule has 5 nitrogen and oxygen atoms in total. The van der Waals surface area contributed by atoms with Crippen LogP contribution in [0.4, 0.5) is 0 Å². The molecule has 1 aliphatic rings. The summed E-state index contributed by atoms with van der Waals surface area (Å²) in [4.78, 5) is 17.1. The van der Waals surface area contributed by atoms with E-state index in [1.54, 1.807) is 12.1 Å². The van der Waals surface area contributed by atoms with Crippen molar-refractivity contribution in [3.8, 4) is 5.75 Å². The molecule has 0 bridgehead atoms. The SMILES string of the molecule is O=C(O)c1ncccc1OCCN1CCCCC1. The molecule has 2 rings (SSSR count). The van der Waals surface area contributed by atoms with Crippen LogP contribution < -0.4 is 4.74 Å². The molecular formula is C13H18N2O3. The first-order chi connectivity index (χ1) is 8.77. The molecule has 1 saturated heterocycles. The number of carbonyl (C=O) groups is 1. The van der Waals surface area contributed by atoms with Crippen molar-refractivity contribution in [3.63, 3.8) is 0 Å². The standard InChI is InChI=1S/C13H18N2O3/c16-13(17)12-11(5-4-6-14-12)18-10-9-15-7-2-1-3-8-15/h4-6H,1-3,7-10H2,(H,16,17). The predicted octanol–water partition coefficient (Wildman–Crippen LogP) is 1.64. The molecule has 0 unspecified atom stereocenters. The zero-order valence-corrected chi connectivity index (χ0v) is 10.3. The number of hydrogen-bond acceptors (Lipinski definition) is 4. The van der Waals surface area contributed by atoms with Crippen molar-refractivity contribution in [2.24, 2.45) is 0 Å². The lowest BCUT2D eigenvalue weighted by Gasteiger charge is -2.26.